The van der Waals surface area contributed by atoms with Gasteiger partial charge in [-0.3, -0.25) is 9.89 Å². The Labute approximate surface area is 96.3 Å². The number of nitrogens with one attached hydrogen (secondary N) is 1. The summed E-state index contributed by atoms with van der Waals surface area (Å²) < 4.78 is 1.31. The lowest BCUT2D eigenvalue weighted by Crippen LogP contribution is -2.16. The highest BCUT2D eigenvalue weighted by Gasteiger charge is 2.06. The van der Waals surface area contributed by atoms with Gasteiger partial charge in [0.15, 0.2) is 0 Å². The molecular formula is C9H13N5OS. The summed E-state index contributed by atoms with van der Waals surface area (Å²) in [6.07, 6.45) is 1.45. The molecule has 0 aliphatic heterocycles. The first kappa shape index (κ1) is 11.2. The van der Waals surface area contributed by atoms with E-state index in [0.717, 1.165) is 5.69 Å². The molecule has 6 nitrogen and oxygen atoms in total. The summed E-state index contributed by atoms with van der Waals surface area (Å²) in [7, 11) is 0. The van der Waals surface area contributed by atoms with Gasteiger partial charge < -0.3 is 5.73 Å². The summed E-state index contributed by atoms with van der Waals surface area (Å²) in [5.74, 6) is 1.08. The van der Waals surface area contributed by atoms with Crippen LogP contribution in [0.4, 0.5) is 0 Å². The van der Waals surface area contributed by atoms with E-state index in [1.807, 2.05) is 6.92 Å². The molecule has 0 aliphatic rings. The van der Waals surface area contributed by atoms with Crippen molar-refractivity contribution in [3.63, 3.8) is 0 Å². The minimum absolute atomic E-state index is 0.140. The maximum atomic E-state index is 11.6. The molecule has 1 unspecified atom stereocenters. The standard InChI is InChI=1S/C9H13N5OS/c1-6(3-10)16-4-7-2-8(15)14-9(13-7)11-5-12-14/h2,5-6H,3-4,10H2,1H3,(H,11,12,13). The van der Waals surface area contributed by atoms with Crippen LogP contribution in [0.1, 0.15) is 12.6 Å². The lowest BCUT2D eigenvalue weighted by Gasteiger charge is -2.06. The van der Waals surface area contributed by atoms with Gasteiger partial charge >= 0.3 is 0 Å². The molecule has 0 fully saturated rings. The molecule has 0 aliphatic carbocycles. The Morgan fingerprint density at radius 2 is 2.50 bits per heavy atom. The van der Waals surface area contributed by atoms with Crippen LogP contribution in [0, 0.1) is 0 Å². The quantitative estimate of drug-likeness (QED) is 0.783. The van der Waals surface area contributed by atoms with E-state index in [0.29, 0.717) is 23.3 Å². The first-order valence-electron chi connectivity index (χ1n) is 4.94. The molecule has 86 valence electrons. The molecule has 2 aromatic heterocycles. The fourth-order valence-electron chi connectivity index (χ4n) is 1.24. The Bertz CT molecular complexity index is 534. The summed E-state index contributed by atoms with van der Waals surface area (Å²) in [4.78, 5) is 19.8. The van der Waals surface area contributed by atoms with Gasteiger partial charge in [0.25, 0.3) is 11.3 Å². The summed E-state index contributed by atoms with van der Waals surface area (Å²) in [6.45, 7) is 2.67. The molecule has 0 aromatic carbocycles. The van der Waals surface area contributed by atoms with Crippen LogP contribution >= 0.6 is 11.8 Å². The number of aromatic amines is 1. The minimum atomic E-state index is -0.140. The van der Waals surface area contributed by atoms with Crippen LogP contribution in [0.25, 0.3) is 5.78 Å². The van der Waals surface area contributed by atoms with Gasteiger partial charge in [-0.2, -0.15) is 16.3 Å². The molecule has 0 radical (unpaired) electrons. The van der Waals surface area contributed by atoms with Crippen LogP contribution < -0.4 is 11.3 Å². The van der Waals surface area contributed by atoms with Gasteiger partial charge in [0.05, 0.1) is 5.69 Å². The molecule has 0 bridgehead atoms. The Morgan fingerprint density at radius 1 is 1.69 bits per heavy atom. The first-order chi connectivity index (χ1) is 7.70. The van der Waals surface area contributed by atoms with Gasteiger partial charge in [0, 0.05) is 23.6 Å². The van der Waals surface area contributed by atoms with E-state index in [1.54, 1.807) is 11.8 Å². The van der Waals surface area contributed by atoms with Gasteiger partial charge in [-0.15, -0.1) is 0 Å². The van der Waals surface area contributed by atoms with E-state index < -0.39 is 0 Å². The lowest BCUT2D eigenvalue weighted by atomic mass is 10.4. The molecule has 16 heavy (non-hydrogen) atoms. The van der Waals surface area contributed by atoms with Crippen LogP contribution in [-0.2, 0) is 5.75 Å². The number of hydrogen-bond donors (Lipinski definition) is 2. The van der Waals surface area contributed by atoms with Gasteiger partial charge in [-0.25, -0.2) is 9.97 Å². The molecule has 0 amide bonds. The number of rotatable bonds is 4. The predicted molar refractivity (Wildman–Crippen MR) is 63.4 cm³/mol. The summed E-state index contributed by atoms with van der Waals surface area (Å²) >= 11 is 1.68. The minimum Gasteiger partial charge on any atom is -0.329 e. The van der Waals surface area contributed by atoms with E-state index in [1.165, 1.54) is 16.9 Å². The average molecular weight is 239 g/mol. The average Bonchev–Trinajstić information content (AvgIpc) is 2.74. The maximum Gasteiger partial charge on any atom is 0.274 e. The van der Waals surface area contributed by atoms with E-state index in [9.17, 15) is 4.79 Å². The van der Waals surface area contributed by atoms with E-state index in [4.69, 9.17) is 5.73 Å². The Hall–Kier alpha value is -1.34. The summed E-state index contributed by atoms with van der Waals surface area (Å²) in [5.41, 5.74) is 6.11. The molecule has 2 aromatic rings. The maximum absolute atomic E-state index is 11.6. The highest BCUT2D eigenvalue weighted by Crippen LogP contribution is 2.14. The van der Waals surface area contributed by atoms with Crippen molar-refractivity contribution < 1.29 is 0 Å². The number of nitrogens with zero attached hydrogens (tertiary/aromatic N) is 3. The third kappa shape index (κ3) is 2.25. The molecular weight excluding hydrogens is 226 g/mol. The molecule has 0 spiro atoms. The number of fused-ring (bicyclic) bond motifs is 1. The number of hydrogen-bond acceptors (Lipinski definition) is 5. The Balaban J connectivity index is 2.22. The number of thioether (sulfide) groups is 1. The van der Waals surface area contributed by atoms with Crippen molar-refractivity contribution in [2.75, 3.05) is 6.54 Å². The van der Waals surface area contributed by atoms with Gasteiger partial charge in [0.1, 0.15) is 6.33 Å². The summed E-state index contributed by atoms with van der Waals surface area (Å²) in [5, 5.41) is 3.06. The Morgan fingerprint density at radius 3 is 3.25 bits per heavy atom. The van der Waals surface area contributed by atoms with E-state index in [2.05, 4.69) is 15.1 Å². The molecule has 3 N–H and O–H groups in total. The third-order valence-corrected chi connectivity index (χ3v) is 3.39. The van der Waals surface area contributed by atoms with Crippen LogP contribution in [0.2, 0.25) is 0 Å². The smallest absolute Gasteiger partial charge is 0.274 e. The number of H-pyrrole nitrogens is 1. The normalized spacial score (nSPS) is 13.1. The second kappa shape index (κ2) is 4.67. The molecule has 0 saturated carbocycles. The van der Waals surface area contributed by atoms with Crippen LogP contribution in [0.5, 0.6) is 0 Å². The molecule has 0 saturated heterocycles. The highest BCUT2D eigenvalue weighted by molar-refractivity contribution is 7.99. The second-order valence-corrected chi connectivity index (χ2v) is 4.89. The topological polar surface area (TPSA) is 89.1 Å². The van der Waals surface area contributed by atoms with Gasteiger partial charge in [-0.05, 0) is 0 Å². The van der Waals surface area contributed by atoms with Crippen molar-refractivity contribution >= 4 is 17.5 Å². The van der Waals surface area contributed by atoms with Crippen LogP contribution in [-0.4, -0.2) is 31.4 Å². The van der Waals surface area contributed by atoms with Crippen molar-refractivity contribution in [2.45, 2.75) is 17.9 Å². The zero-order chi connectivity index (χ0) is 11.5. The van der Waals surface area contributed by atoms with E-state index in [-0.39, 0.29) is 5.56 Å². The predicted octanol–water partition coefficient (Wildman–Crippen LogP) is -0.00200. The second-order valence-electron chi connectivity index (χ2n) is 3.47. The van der Waals surface area contributed by atoms with Crippen molar-refractivity contribution in [3.05, 3.63) is 28.4 Å². The van der Waals surface area contributed by atoms with E-state index >= 15 is 0 Å². The SMILES string of the molecule is CC(CN)SCc1cc(=O)n2[nH]cnc2n1. The fourth-order valence-corrected chi connectivity index (χ4v) is 1.98. The van der Waals surface area contributed by atoms with Crippen molar-refractivity contribution in [1.29, 1.82) is 0 Å². The number of aromatic nitrogens is 4. The van der Waals surface area contributed by atoms with Gasteiger partial charge in [0.2, 0.25) is 0 Å². The largest absolute Gasteiger partial charge is 0.329 e. The fraction of sp³-hybridized carbons (Fsp3) is 0.444. The molecule has 7 heteroatoms. The lowest BCUT2D eigenvalue weighted by molar-refractivity contribution is 0.886. The molecule has 2 rings (SSSR count). The number of nitrogens with two attached hydrogens (primary N) is 1. The van der Waals surface area contributed by atoms with Crippen LogP contribution in [0.15, 0.2) is 17.2 Å². The first-order valence-corrected chi connectivity index (χ1v) is 5.99. The zero-order valence-corrected chi connectivity index (χ0v) is 9.70. The van der Waals surface area contributed by atoms with Gasteiger partial charge in [-0.1, -0.05) is 6.92 Å². The monoisotopic (exact) mass is 239 g/mol. The Kier molecular flexibility index (Phi) is 3.25. The summed E-state index contributed by atoms with van der Waals surface area (Å²) in [6, 6.07) is 1.52. The third-order valence-electron chi connectivity index (χ3n) is 2.17. The zero-order valence-electron chi connectivity index (χ0n) is 8.88. The van der Waals surface area contributed by atoms with Crippen molar-refractivity contribution in [3.8, 4) is 0 Å². The molecule has 2 heterocycles. The van der Waals surface area contributed by atoms with Crippen molar-refractivity contribution in [2.24, 2.45) is 5.73 Å². The van der Waals surface area contributed by atoms with Crippen molar-refractivity contribution in [1.82, 2.24) is 19.6 Å². The van der Waals surface area contributed by atoms with Crippen LogP contribution in [0.3, 0.4) is 0 Å². The molecule has 1 atom stereocenters. The highest BCUT2D eigenvalue weighted by atomic mass is 32.2.